The highest BCUT2D eigenvalue weighted by molar-refractivity contribution is 5.74. The lowest BCUT2D eigenvalue weighted by Crippen LogP contribution is -2.18. The Morgan fingerprint density at radius 2 is 2.29 bits per heavy atom. The first-order chi connectivity index (χ1) is 8.04. The maximum Gasteiger partial charge on any atom is 0.329 e. The highest BCUT2D eigenvalue weighted by Crippen LogP contribution is 2.21. The lowest BCUT2D eigenvalue weighted by Gasteiger charge is -2.05. The zero-order chi connectivity index (χ0) is 12.8. The molecule has 6 N–H and O–H groups in total. The highest BCUT2D eigenvalue weighted by Gasteiger charge is 2.16. The second-order valence-corrected chi connectivity index (χ2v) is 2.97. The Morgan fingerprint density at radius 3 is 2.82 bits per heavy atom. The van der Waals surface area contributed by atoms with Crippen molar-refractivity contribution in [3.05, 3.63) is 16.3 Å². The highest BCUT2D eigenvalue weighted by atomic mass is 16.6. The largest absolute Gasteiger partial charge is 0.370 e. The van der Waals surface area contributed by atoms with E-state index >= 15 is 0 Å². The van der Waals surface area contributed by atoms with Crippen molar-refractivity contribution in [1.82, 2.24) is 9.97 Å². The first-order valence-corrected chi connectivity index (χ1v) is 4.55. The number of carbonyl (C=O) groups excluding carboxylic acids is 1. The number of nitrogens with one attached hydrogen (secondary N) is 2. The van der Waals surface area contributed by atoms with Gasteiger partial charge in [0, 0.05) is 13.0 Å². The van der Waals surface area contributed by atoms with Gasteiger partial charge in [-0.05, 0) is 0 Å². The van der Waals surface area contributed by atoms with Gasteiger partial charge in [-0.1, -0.05) is 0 Å². The summed E-state index contributed by atoms with van der Waals surface area (Å²) < 4.78 is 0. The van der Waals surface area contributed by atoms with Crippen molar-refractivity contribution in [2.45, 2.75) is 6.42 Å². The third kappa shape index (κ3) is 3.53. The van der Waals surface area contributed by atoms with E-state index in [4.69, 9.17) is 11.6 Å². The molecule has 0 unspecified atom stereocenters. The number of carbonyl (C=O) groups is 1. The van der Waals surface area contributed by atoms with E-state index in [9.17, 15) is 14.9 Å². The van der Waals surface area contributed by atoms with Gasteiger partial charge in [-0.25, -0.2) is 10.8 Å². The number of primary amides is 1. The molecule has 0 aliphatic heterocycles. The molecule has 0 fully saturated rings. The van der Waals surface area contributed by atoms with Crippen LogP contribution in [0.4, 0.5) is 17.5 Å². The Bertz CT molecular complexity index is 435. The minimum atomic E-state index is -0.646. The summed E-state index contributed by atoms with van der Waals surface area (Å²) in [6.45, 7) is 0.136. The topological polar surface area (TPSA) is 162 Å². The van der Waals surface area contributed by atoms with Gasteiger partial charge in [0.05, 0.1) is 4.92 Å². The third-order valence-electron chi connectivity index (χ3n) is 1.76. The lowest BCUT2D eigenvalue weighted by atomic mass is 10.4. The zero-order valence-electron chi connectivity index (χ0n) is 8.71. The number of aromatic nitrogens is 2. The molecule has 1 heterocycles. The molecule has 10 heteroatoms. The predicted molar refractivity (Wildman–Crippen MR) is 58.8 cm³/mol. The Kier molecular flexibility index (Phi) is 4.11. The molecule has 17 heavy (non-hydrogen) atoms. The van der Waals surface area contributed by atoms with Gasteiger partial charge >= 0.3 is 5.69 Å². The van der Waals surface area contributed by atoms with E-state index in [0.717, 1.165) is 6.20 Å². The van der Waals surface area contributed by atoms with Gasteiger partial charge in [0.1, 0.15) is 6.20 Å². The maximum absolute atomic E-state index is 10.7. The van der Waals surface area contributed by atoms with Crippen LogP contribution >= 0.6 is 0 Å². The van der Waals surface area contributed by atoms with Crippen molar-refractivity contribution in [2.75, 3.05) is 17.3 Å². The summed E-state index contributed by atoms with van der Waals surface area (Å²) in [4.78, 5) is 27.9. The number of hydrazine groups is 1. The Balaban J connectivity index is 2.85. The molecule has 0 aliphatic rings. The number of nitro groups is 1. The summed E-state index contributed by atoms with van der Waals surface area (Å²) in [6.07, 6.45) is 1.04. The van der Waals surface area contributed by atoms with Crippen LogP contribution in [0.3, 0.4) is 0 Å². The van der Waals surface area contributed by atoms with Crippen LogP contribution in [0, 0.1) is 10.1 Å². The first-order valence-electron chi connectivity index (χ1n) is 4.55. The minimum Gasteiger partial charge on any atom is -0.370 e. The van der Waals surface area contributed by atoms with E-state index in [2.05, 4.69) is 20.7 Å². The molecular weight excluding hydrogens is 230 g/mol. The van der Waals surface area contributed by atoms with Crippen LogP contribution in [-0.2, 0) is 4.79 Å². The number of nitrogens with zero attached hydrogens (tertiary/aromatic N) is 3. The fourth-order valence-corrected chi connectivity index (χ4v) is 1.01. The normalized spacial score (nSPS) is 9.71. The van der Waals surface area contributed by atoms with E-state index in [0.29, 0.717) is 0 Å². The number of hydrogen-bond donors (Lipinski definition) is 4. The molecule has 0 atom stereocenters. The summed E-state index contributed by atoms with van der Waals surface area (Å²) in [5.74, 6) is 4.55. The number of rotatable bonds is 6. The van der Waals surface area contributed by atoms with Crippen LogP contribution in [0.5, 0.6) is 0 Å². The van der Waals surface area contributed by atoms with Gasteiger partial charge in [-0.3, -0.25) is 20.3 Å². The van der Waals surface area contributed by atoms with Crippen molar-refractivity contribution in [3.8, 4) is 0 Å². The Labute approximate surface area is 95.5 Å². The molecule has 0 bridgehead atoms. The number of hydrogen-bond acceptors (Lipinski definition) is 8. The average Bonchev–Trinajstić information content (AvgIpc) is 2.28. The zero-order valence-corrected chi connectivity index (χ0v) is 8.71. The summed E-state index contributed by atoms with van der Waals surface area (Å²) >= 11 is 0. The second kappa shape index (κ2) is 5.55. The number of anilines is 2. The quantitative estimate of drug-likeness (QED) is 0.278. The van der Waals surface area contributed by atoms with E-state index in [1.165, 1.54) is 0 Å². The predicted octanol–water partition coefficient (Wildman–Crippen LogP) is -1.04. The summed E-state index contributed by atoms with van der Waals surface area (Å²) in [5, 5.41) is 13.3. The Morgan fingerprint density at radius 1 is 1.59 bits per heavy atom. The fraction of sp³-hybridized carbons (Fsp3) is 0.286. The van der Waals surface area contributed by atoms with Gasteiger partial charge in [0.15, 0.2) is 0 Å². The smallest absolute Gasteiger partial charge is 0.329 e. The maximum atomic E-state index is 10.7. The van der Waals surface area contributed by atoms with Crippen LogP contribution in [0.1, 0.15) is 6.42 Å². The van der Waals surface area contributed by atoms with Crippen LogP contribution in [0.15, 0.2) is 6.20 Å². The molecular formula is C7H11N7O3. The molecule has 1 aromatic heterocycles. The van der Waals surface area contributed by atoms with Crippen LogP contribution in [0.2, 0.25) is 0 Å². The second-order valence-electron chi connectivity index (χ2n) is 2.97. The standard InChI is InChI=1S/C7H11N7O3/c8-5(15)1-2-10-6-4(14(16)17)3-11-7(12-6)13-9/h3H,1-2,9H2,(H2,8,15)(H2,10,11,12,13). The van der Waals surface area contributed by atoms with Gasteiger partial charge in [-0.2, -0.15) is 4.98 Å². The molecule has 0 aliphatic carbocycles. The molecule has 0 saturated carbocycles. The molecule has 0 radical (unpaired) electrons. The summed E-state index contributed by atoms with van der Waals surface area (Å²) in [7, 11) is 0. The van der Waals surface area contributed by atoms with Gasteiger partial charge in [0.25, 0.3) is 0 Å². The molecule has 0 saturated heterocycles. The summed E-state index contributed by atoms with van der Waals surface area (Å²) in [6, 6.07) is 0. The average molecular weight is 241 g/mol. The molecule has 1 rings (SSSR count). The van der Waals surface area contributed by atoms with Crippen molar-refractivity contribution < 1.29 is 9.72 Å². The fourth-order valence-electron chi connectivity index (χ4n) is 1.01. The summed E-state index contributed by atoms with van der Waals surface area (Å²) in [5.41, 5.74) is 6.78. The number of nitrogen functional groups attached to an aromatic ring is 1. The van der Waals surface area contributed by atoms with Crippen molar-refractivity contribution in [1.29, 1.82) is 0 Å². The number of amides is 1. The van der Waals surface area contributed by atoms with Gasteiger partial charge in [-0.15, -0.1) is 0 Å². The minimum absolute atomic E-state index is 0.0252. The van der Waals surface area contributed by atoms with Crippen LogP contribution < -0.4 is 22.3 Å². The Hall–Kier alpha value is -2.49. The molecule has 1 aromatic rings. The van der Waals surface area contributed by atoms with E-state index in [1.54, 1.807) is 0 Å². The molecule has 0 spiro atoms. The van der Waals surface area contributed by atoms with E-state index in [1.807, 2.05) is 0 Å². The van der Waals surface area contributed by atoms with Crippen molar-refractivity contribution >= 4 is 23.4 Å². The van der Waals surface area contributed by atoms with Crippen molar-refractivity contribution in [2.24, 2.45) is 11.6 Å². The van der Waals surface area contributed by atoms with Gasteiger partial charge in [0.2, 0.25) is 17.7 Å². The van der Waals surface area contributed by atoms with Crippen LogP contribution in [-0.4, -0.2) is 27.3 Å². The van der Waals surface area contributed by atoms with Crippen LogP contribution in [0.25, 0.3) is 0 Å². The van der Waals surface area contributed by atoms with E-state index < -0.39 is 10.8 Å². The first kappa shape index (κ1) is 12.6. The number of nitrogens with two attached hydrogens (primary N) is 2. The molecule has 1 amide bonds. The van der Waals surface area contributed by atoms with E-state index in [-0.39, 0.29) is 30.4 Å². The molecule has 92 valence electrons. The molecule has 0 aromatic carbocycles. The van der Waals surface area contributed by atoms with Gasteiger partial charge < -0.3 is 11.1 Å². The van der Waals surface area contributed by atoms with Crippen molar-refractivity contribution in [3.63, 3.8) is 0 Å². The SMILES string of the molecule is NNc1ncc([N+](=O)[O-])c(NCCC(N)=O)n1. The molecule has 10 nitrogen and oxygen atoms in total. The monoisotopic (exact) mass is 241 g/mol. The third-order valence-corrected chi connectivity index (χ3v) is 1.76. The lowest BCUT2D eigenvalue weighted by molar-refractivity contribution is -0.384.